The van der Waals surface area contributed by atoms with Gasteiger partial charge in [0.1, 0.15) is 6.07 Å². The quantitative estimate of drug-likeness (QED) is 0.874. The standard InChI is InChI=1S/C15H19ClN2/c1-11-2-4-12(5-3-11)10-18-15-7-6-14(16)8-13(15)9-17/h6-8,11-12,18H,2-5,10H2,1H3. The van der Waals surface area contributed by atoms with E-state index in [2.05, 4.69) is 18.3 Å². The van der Waals surface area contributed by atoms with E-state index in [0.717, 1.165) is 24.1 Å². The summed E-state index contributed by atoms with van der Waals surface area (Å²) in [5.41, 5.74) is 1.53. The number of nitrogens with zero attached hydrogens (tertiary/aromatic N) is 1. The minimum atomic E-state index is 0.614. The number of hydrogen-bond acceptors (Lipinski definition) is 2. The summed E-state index contributed by atoms with van der Waals surface area (Å²) in [7, 11) is 0. The Hall–Kier alpha value is -1.20. The largest absolute Gasteiger partial charge is 0.384 e. The van der Waals surface area contributed by atoms with E-state index in [-0.39, 0.29) is 0 Å². The van der Waals surface area contributed by atoms with Crippen LogP contribution in [0.25, 0.3) is 0 Å². The number of anilines is 1. The summed E-state index contributed by atoms with van der Waals surface area (Å²) in [4.78, 5) is 0. The van der Waals surface area contributed by atoms with E-state index in [1.807, 2.05) is 12.1 Å². The molecule has 1 aromatic carbocycles. The van der Waals surface area contributed by atoms with E-state index in [0.29, 0.717) is 10.6 Å². The molecule has 0 aliphatic heterocycles. The highest BCUT2D eigenvalue weighted by Gasteiger charge is 2.18. The highest BCUT2D eigenvalue weighted by molar-refractivity contribution is 6.30. The summed E-state index contributed by atoms with van der Waals surface area (Å²) in [6.45, 7) is 3.29. The Morgan fingerprint density at radius 2 is 2.06 bits per heavy atom. The zero-order chi connectivity index (χ0) is 13.0. The second-order valence-corrected chi connectivity index (χ2v) is 5.74. The molecule has 0 heterocycles. The van der Waals surface area contributed by atoms with Crippen molar-refractivity contribution in [1.29, 1.82) is 5.26 Å². The van der Waals surface area contributed by atoms with Crippen molar-refractivity contribution in [3.05, 3.63) is 28.8 Å². The van der Waals surface area contributed by atoms with Crippen LogP contribution in [0.1, 0.15) is 38.2 Å². The lowest BCUT2D eigenvalue weighted by atomic mass is 9.83. The van der Waals surface area contributed by atoms with Crippen LogP contribution >= 0.6 is 11.6 Å². The van der Waals surface area contributed by atoms with Gasteiger partial charge in [0.15, 0.2) is 0 Å². The number of benzene rings is 1. The van der Waals surface area contributed by atoms with Crippen LogP contribution < -0.4 is 5.32 Å². The molecular formula is C15H19ClN2. The molecule has 1 saturated carbocycles. The van der Waals surface area contributed by atoms with E-state index in [4.69, 9.17) is 16.9 Å². The monoisotopic (exact) mass is 262 g/mol. The first-order chi connectivity index (χ1) is 8.69. The second kappa shape index (κ2) is 6.11. The Morgan fingerprint density at radius 1 is 1.33 bits per heavy atom. The van der Waals surface area contributed by atoms with Gasteiger partial charge in [0.05, 0.1) is 11.3 Å². The minimum absolute atomic E-state index is 0.614. The molecule has 0 unspecified atom stereocenters. The van der Waals surface area contributed by atoms with Gasteiger partial charge in [-0.15, -0.1) is 0 Å². The lowest BCUT2D eigenvalue weighted by Crippen LogP contribution is -2.20. The molecule has 18 heavy (non-hydrogen) atoms. The molecule has 0 spiro atoms. The maximum atomic E-state index is 9.07. The lowest BCUT2D eigenvalue weighted by molar-refractivity contribution is 0.300. The van der Waals surface area contributed by atoms with Crippen LogP contribution in [0.3, 0.4) is 0 Å². The van der Waals surface area contributed by atoms with Gasteiger partial charge >= 0.3 is 0 Å². The van der Waals surface area contributed by atoms with E-state index in [1.165, 1.54) is 25.7 Å². The maximum absolute atomic E-state index is 9.07. The van der Waals surface area contributed by atoms with Crippen molar-refractivity contribution in [2.24, 2.45) is 11.8 Å². The van der Waals surface area contributed by atoms with Crippen LogP contribution in [-0.2, 0) is 0 Å². The molecule has 2 nitrogen and oxygen atoms in total. The predicted octanol–water partition coefficient (Wildman–Crippen LogP) is 4.45. The van der Waals surface area contributed by atoms with E-state index in [1.54, 1.807) is 6.07 Å². The number of nitrogens with one attached hydrogen (secondary N) is 1. The van der Waals surface area contributed by atoms with Crippen molar-refractivity contribution in [2.75, 3.05) is 11.9 Å². The maximum Gasteiger partial charge on any atom is 0.101 e. The number of halogens is 1. The zero-order valence-electron chi connectivity index (χ0n) is 10.7. The van der Waals surface area contributed by atoms with E-state index >= 15 is 0 Å². The smallest absolute Gasteiger partial charge is 0.101 e. The van der Waals surface area contributed by atoms with Crippen molar-refractivity contribution in [1.82, 2.24) is 0 Å². The Labute approximate surface area is 114 Å². The fraction of sp³-hybridized carbons (Fsp3) is 0.533. The van der Waals surface area contributed by atoms with Crippen LogP contribution in [0, 0.1) is 23.2 Å². The van der Waals surface area contributed by atoms with Gasteiger partial charge in [-0.05, 0) is 42.9 Å². The van der Waals surface area contributed by atoms with Crippen molar-refractivity contribution in [2.45, 2.75) is 32.6 Å². The summed E-state index contributed by atoms with van der Waals surface area (Å²) >= 11 is 5.88. The molecule has 1 N–H and O–H groups in total. The number of hydrogen-bond donors (Lipinski definition) is 1. The first kappa shape index (κ1) is 13.2. The molecule has 1 fully saturated rings. The van der Waals surface area contributed by atoms with Gasteiger partial charge in [0, 0.05) is 11.6 Å². The van der Waals surface area contributed by atoms with Gasteiger partial charge in [-0.1, -0.05) is 31.4 Å². The molecule has 0 saturated heterocycles. The molecule has 0 aromatic heterocycles. The lowest BCUT2D eigenvalue weighted by Gasteiger charge is -2.26. The van der Waals surface area contributed by atoms with Crippen molar-refractivity contribution in [3.63, 3.8) is 0 Å². The Kier molecular flexibility index (Phi) is 4.49. The van der Waals surface area contributed by atoms with Gasteiger partial charge < -0.3 is 5.32 Å². The summed E-state index contributed by atoms with van der Waals surface area (Å²) in [5, 5.41) is 13.1. The topological polar surface area (TPSA) is 35.8 Å². The molecule has 3 heteroatoms. The molecule has 2 rings (SSSR count). The SMILES string of the molecule is CC1CCC(CNc2ccc(Cl)cc2C#N)CC1. The summed E-state index contributed by atoms with van der Waals surface area (Å²) in [5.74, 6) is 1.62. The van der Waals surface area contributed by atoms with E-state index < -0.39 is 0 Å². The second-order valence-electron chi connectivity index (χ2n) is 5.31. The third-order valence-electron chi connectivity index (χ3n) is 3.82. The van der Waals surface area contributed by atoms with Crippen LogP contribution in [0.2, 0.25) is 5.02 Å². The van der Waals surface area contributed by atoms with Crippen LogP contribution in [0.4, 0.5) is 5.69 Å². The molecule has 0 bridgehead atoms. The third kappa shape index (κ3) is 3.40. The zero-order valence-corrected chi connectivity index (χ0v) is 11.5. The first-order valence-corrected chi connectivity index (χ1v) is 7.00. The normalized spacial score (nSPS) is 23.4. The average molecular weight is 263 g/mol. The molecule has 1 aromatic rings. The highest BCUT2D eigenvalue weighted by atomic mass is 35.5. The third-order valence-corrected chi connectivity index (χ3v) is 4.05. The first-order valence-electron chi connectivity index (χ1n) is 6.62. The van der Waals surface area contributed by atoms with Crippen molar-refractivity contribution < 1.29 is 0 Å². The fourth-order valence-corrected chi connectivity index (χ4v) is 2.72. The van der Waals surface area contributed by atoms with Gasteiger partial charge in [0.25, 0.3) is 0 Å². The molecule has 0 amide bonds. The molecule has 1 aliphatic carbocycles. The molecular weight excluding hydrogens is 244 g/mol. The fourth-order valence-electron chi connectivity index (χ4n) is 2.55. The van der Waals surface area contributed by atoms with Crippen molar-refractivity contribution in [3.8, 4) is 6.07 Å². The Bertz CT molecular complexity index is 442. The van der Waals surface area contributed by atoms with Crippen LogP contribution in [0.15, 0.2) is 18.2 Å². The van der Waals surface area contributed by atoms with Gasteiger partial charge in [-0.2, -0.15) is 5.26 Å². The Balaban J connectivity index is 1.92. The minimum Gasteiger partial charge on any atom is -0.384 e. The average Bonchev–Trinajstić information content (AvgIpc) is 2.39. The van der Waals surface area contributed by atoms with E-state index in [9.17, 15) is 0 Å². The summed E-state index contributed by atoms with van der Waals surface area (Å²) in [6, 6.07) is 7.62. The predicted molar refractivity (Wildman–Crippen MR) is 75.8 cm³/mol. The molecule has 0 radical (unpaired) electrons. The van der Waals surface area contributed by atoms with Crippen LogP contribution in [-0.4, -0.2) is 6.54 Å². The summed E-state index contributed by atoms with van der Waals surface area (Å²) in [6.07, 6.45) is 5.25. The highest BCUT2D eigenvalue weighted by Crippen LogP contribution is 2.29. The number of rotatable bonds is 3. The van der Waals surface area contributed by atoms with Gasteiger partial charge in [-0.25, -0.2) is 0 Å². The molecule has 96 valence electrons. The van der Waals surface area contributed by atoms with Crippen molar-refractivity contribution >= 4 is 17.3 Å². The Morgan fingerprint density at radius 3 is 2.72 bits per heavy atom. The van der Waals surface area contributed by atoms with Crippen LogP contribution in [0.5, 0.6) is 0 Å². The van der Waals surface area contributed by atoms with Gasteiger partial charge in [-0.3, -0.25) is 0 Å². The molecule has 1 aliphatic rings. The molecule has 0 atom stereocenters. The summed E-state index contributed by atoms with van der Waals surface area (Å²) < 4.78 is 0. The number of nitriles is 1. The van der Waals surface area contributed by atoms with Gasteiger partial charge in [0.2, 0.25) is 0 Å².